The van der Waals surface area contributed by atoms with Gasteiger partial charge in [-0.3, -0.25) is 9.80 Å². The van der Waals surface area contributed by atoms with Crippen LogP contribution in [0.2, 0.25) is 0 Å². The second kappa shape index (κ2) is 10.6. The van der Waals surface area contributed by atoms with Crippen LogP contribution in [-0.4, -0.2) is 79.8 Å². The van der Waals surface area contributed by atoms with Crippen LogP contribution in [0.15, 0.2) is 48.5 Å². The first-order valence-corrected chi connectivity index (χ1v) is 12.5. The van der Waals surface area contributed by atoms with Crippen LogP contribution in [0.3, 0.4) is 0 Å². The van der Waals surface area contributed by atoms with Crippen molar-refractivity contribution in [3.8, 4) is 5.75 Å². The van der Waals surface area contributed by atoms with Gasteiger partial charge in [-0.15, -0.1) is 0 Å². The highest BCUT2D eigenvalue weighted by molar-refractivity contribution is 7.13. The molecule has 2 aliphatic heterocycles. The van der Waals surface area contributed by atoms with Crippen LogP contribution in [0.1, 0.15) is 12.0 Å². The highest BCUT2D eigenvalue weighted by atomic mass is 32.1. The Kier molecular flexibility index (Phi) is 7.18. The van der Waals surface area contributed by atoms with Crippen LogP contribution < -0.4 is 9.64 Å². The van der Waals surface area contributed by atoms with Crippen molar-refractivity contribution in [2.45, 2.75) is 13.0 Å². The maximum absolute atomic E-state index is 5.99. The summed E-state index contributed by atoms with van der Waals surface area (Å²) >= 11 is 1.60. The SMILES string of the molecule is c1ccc2c(N3CCN(CCCOc4ccc(CN5CCOCC5)cc4)CC3)nsc2c1. The van der Waals surface area contributed by atoms with E-state index in [0.717, 1.165) is 90.2 Å². The summed E-state index contributed by atoms with van der Waals surface area (Å²) in [6.45, 7) is 10.8. The Morgan fingerprint density at radius 1 is 0.875 bits per heavy atom. The number of piperazine rings is 1. The quantitative estimate of drug-likeness (QED) is 0.485. The Morgan fingerprint density at radius 3 is 2.47 bits per heavy atom. The Morgan fingerprint density at radius 2 is 1.66 bits per heavy atom. The molecule has 0 atom stereocenters. The number of benzene rings is 2. The predicted octanol–water partition coefficient (Wildman–Crippen LogP) is 3.72. The number of morpholine rings is 1. The molecular formula is C25H32N4O2S. The number of rotatable bonds is 8. The van der Waals surface area contributed by atoms with Crippen LogP contribution >= 0.6 is 11.5 Å². The van der Waals surface area contributed by atoms with E-state index in [9.17, 15) is 0 Å². The first-order chi connectivity index (χ1) is 15.8. The number of fused-ring (bicyclic) bond motifs is 1. The van der Waals surface area contributed by atoms with E-state index in [1.165, 1.54) is 15.6 Å². The number of hydrogen-bond donors (Lipinski definition) is 0. The van der Waals surface area contributed by atoms with E-state index in [-0.39, 0.29) is 0 Å². The molecule has 0 saturated carbocycles. The summed E-state index contributed by atoms with van der Waals surface area (Å²) in [6, 6.07) is 17.1. The molecule has 0 amide bonds. The lowest BCUT2D eigenvalue weighted by molar-refractivity contribution is 0.0342. The fourth-order valence-corrected chi connectivity index (χ4v) is 5.27. The van der Waals surface area contributed by atoms with Crippen LogP contribution in [0, 0.1) is 0 Å². The monoisotopic (exact) mass is 452 g/mol. The molecule has 0 unspecified atom stereocenters. The first-order valence-electron chi connectivity index (χ1n) is 11.7. The van der Waals surface area contributed by atoms with Gasteiger partial charge in [0.25, 0.3) is 0 Å². The van der Waals surface area contributed by atoms with Crippen molar-refractivity contribution >= 4 is 27.4 Å². The smallest absolute Gasteiger partial charge is 0.150 e. The van der Waals surface area contributed by atoms with Crippen LogP contribution in [-0.2, 0) is 11.3 Å². The van der Waals surface area contributed by atoms with Gasteiger partial charge < -0.3 is 14.4 Å². The predicted molar refractivity (Wildman–Crippen MR) is 131 cm³/mol. The molecule has 32 heavy (non-hydrogen) atoms. The average Bonchev–Trinajstić information content (AvgIpc) is 3.28. The largest absolute Gasteiger partial charge is 0.494 e. The molecule has 0 aliphatic carbocycles. The third-order valence-electron chi connectivity index (χ3n) is 6.35. The van der Waals surface area contributed by atoms with Gasteiger partial charge in [0.2, 0.25) is 0 Å². The van der Waals surface area contributed by atoms with Crippen molar-refractivity contribution in [3.63, 3.8) is 0 Å². The molecule has 170 valence electrons. The Balaban J connectivity index is 1.01. The normalized spacial score (nSPS) is 18.3. The van der Waals surface area contributed by atoms with Crippen LogP contribution in [0.4, 0.5) is 5.82 Å². The molecular weight excluding hydrogens is 420 g/mol. The highest BCUT2D eigenvalue weighted by Gasteiger charge is 2.20. The average molecular weight is 453 g/mol. The second-order valence-electron chi connectivity index (χ2n) is 8.57. The molecule has 5 rings (SSSR count). The van der Waals surface area contributed by atoms with Gasteiger partial charge in [-0.1, -0.05) is 24.3 Å². The lowest BCUT2D eigenvalue weighted by atomic mass is 10.2. The van der Waals surface area contributed by atoms with Crippen molar-refractivity contribution in [1.29, 1.82) is 0 Å². The molecule has 7 heteroatoms. The maximum Gasteiger partial charge on any atom is 0.150 e. The van der Waals surface area contributed by atoms with E-state index in [1.54, 1.807) is 11.5 Å². The van der Waals surface area contributed by atoms with Gasteiger partial charge in [-0.25, -0.2) is 0 Å². The molecule has 2 fully saturated rings. The third-order valence-corrected chi connectivity index (χ3v) is 7.17. The van der Waals surface area contributed by atoms with E-state index in [2.05, 4.69) is 63.2 Å². The van der Waals surface area contributed by atoms with Crippen molar-refractivity contribution < 1.29 is 9.47 Å². The number of hydrogen-bond acceptors (Lipinski definition) is 7. The second-order valence-corrected chi connectivity index (χ2v) is 9.37. The molecule has 3 aromatic rings. The lowest BCUT2D eigenvalue weighted by Crippen LogP contribution is -2.47. The molecule has 0 radical (unpaired) electrons. The zero-order valence-corrected chi connectivity index (χ0v) is 19.4. The first kappa shape index (κ1) is 21.6. The molecule has 6 nitrogen and oxygen atoms in total. The van der Waals surface area contributed by atoms with Crippen LogP contribution in [0.5, 0.6) is 5.75 Å². The van der Waals surface area contributed by atoms with Gasteiger partial charge >= 0.3 is 0 Å². The third kappa shape index (κ3) is 5.41. The van der Waals surface area contributed by atoms with Gasteiger partial charge in [0.05, 0.1) is 24.5 Å². The zero-order chi connectivity index (χ0) is 21.6. The minimum atomic E-state index is 0.764. The summed E-state index contributed by atoms with van der Waals surface area (Å²) < 4.78 is 17.4. The Hall–Kier alpha value is -2.19. The fraction of sp³-hybridized carbons (Fsp3) is 0.480. The molecule has 2 aromatic carbocycles. The van der Waals surface area contributed by atoms with E-state index in [0.29, 0.717) is 0 Å². The molecule has 0 bridgehead atoms. The number of anilines is 1. The molecule has 2 saturated heterocycles. The lowest BCUT2D eigenvalue weighted by Gasteiger charge is -2.35. The summed E-state index contributed by atoms with van der Waals surface area (Å²) in [6.07, 6.45) is 1.05. The van der Waals surface area contributed by atoms with E-state index in [4.69, 9.17) is 13.8 Å². The minimum Gasteiger partial charge on any atom is -0.494 e. The van der Waals surface area contributed by atoms with Gasteiger partial charge in [0.1, 0.15) is 11.6 Å². The molecule has 1 aromatic heterocycles. The minimum absolute atomic E-state index is 0.764. The van der Waals surface area contributed by atoms with Crippen molar-refractivity contribution in [1.82, 2.24) is 14.2 Å². The fourth-order valence-electron chi connectivity index (χ4n) is 4.47. The van der Waals surface area contributed by atoms with Gasteiger partial charge in [0.15, 0.2) is 0 Å². The van der Waals surface area contributed by atoms with Crippen LogP contribution in [0.25, 0.3) is 10.1 Å². The summed E-state index contributed by atoms with van der Waals surface area (Å²) in [5.41, 5.74) is 1.34. The summed E-state index contributed by atoms with van der Waals surface area (Å²) in [5, 5.41) is 1.29. The Bertz CT molecular complexity index is 979. The summed E-state index contributed by atoms with van der Waals surface area (Å²) in [4.78, 5) is 7.42. The number of aromatic nitrogens is 1. The number of nitrogens with zero attached hydrogens (tertiary/aromatic N) is 4. The summed E-state index contributed by atoms with van der Waals surface area (Å²) in [5.74, 6) is 2.13. The van der Waals surface area contributed by atoms with Crippen molar-refractivity contribution in [3.05, 3.63) is 54.1 Å². The van der Waals surface area contributed by atoms with E-state index < -0.39 is 0 Å². The van der Waals surface area contributed by atoms with Gasteiger partial charge in [-0.05, 0) is 47.8 Å². The molecule has 0 spiro atoms. The highest BCUT2D eigenvalue weighted by Crippen LogP contribution is 2.29. The molecule has 0 N–H and O–H groups in total. The maximum atomic E-state index is 5.99. The van der Waals surface area contributed by atoms with E-state index >= 15 is 0 Å². The van der Waals surface area contributed by atoms with Crippen molar-refractivity contribution in [2.75, 3.05) is 70.5 Å². The van der Waals surface area contributed by atoms with Gasteiger partial charge in [-0.2, -0.15) is 4.37 Å². The Labute approximate surface area is 194 Å². The number of ether oxygens (including phenoxy) is 2. The topological polar surface area (TPSA) is 41.1 Å². The zero-order valence-electron chi connectivity index (χ0n) is 18.6. The van der Waals surface area contributed by atoms with E-state index in [1.807, 2.05) is 0 Å². The van der Waals surface area contributed by atoms with Gasteiger partial charge in [0, 0.05) is 57.7 Å². The molecule has 3 heterocycles. The van der Waals surface area contributed by atoms with Crippen molar-refractivity contribution in [2.24, 2.45) is 0 Å². The molecule has 2 aliphatic rings. The summed E-state index contributed by atoms with van der Waals surface area (Å²) in [7, 11) is 0. The standard InChI is InChI=1S/C25H32N4O2S/c1-2-5-24-23(4-1)25(26-32-24)29-13-11-27(12-14-29)10-3-17-31-22-8-6-21(7-9-22)20-28-15-18-30-19-16-28/h1-2,4-9H,3,10-20H2.